The Bertz CT molecular complexity index is 1270. The van der Waals surface area contributed by atoms with E-state index >= 15 is 0 Å². The minimum absolute atomic E-state index is 0.235. The third-order valence-electron chi connectivity index (χ3n) is 4.82. The van der Waals surface area contributed by atoms with Gasteiger partial charge >= 0.3 is 0 Å². The molecule has 144 valence electrons. The fourth-order valence-corrected chi connectivity index (χ4v) is 3.41. The van der Waals surface area contributed by atoms with E-state index in [1.54, 1.807) is 16.9 Å². The number of fused-ring (bicyclic) bond motifs is 1. The Balaban J connectivity index is 1.52. The molecule has 3 aromatic heterocycles. The Hall–Kier alpha value is -4.07. The molecule has 0 atom stereocenters. The average Bonchev–Trinajstić information content (AvgIpc) is 3.36. The lowest BCUT2D eigenvalue weighted by atomic mass is 10.0. The predicted octanol–water partition coefficient (Wildman–Crippen LogP) is 3.08. The molecule has 1 aromatic carbocycles. The van der Waals surface area contributed by atoms with Gasteiger partial charge in [0.1, 0.15) is 5.75 Å². The van der Waals surface area contributed by atoms with Crippen molar-refractivity contribution >= 4 is 22.7 Å². The number of imidazole rings is 1. The van der Waals surface area contributed by atoms with Crippen molar-refractivity contribution in [2.45, 2.75) is 0 Å². The number of hydrogen-bond acceptors (Lipinski definition) is 6. The van der Waals surface area contributed by atoms with Crippen LogP contribution in [0, 0.1) is 0 Å². The molecule has 0 amide bonds. The van der Waals surface area contributed by atoms with Gasteiger partial charge in [0, 0.05) is 49.0 Å². The van der Waals surface area contributed by atoms with Crippen LogP contribution in [0.15, 0.2) is 67.5 Å². The zero-order valence-electron chi connectivity index (χ0n) is 15.7. The van der Waals surface area contributed by atoms with Crippen LogP contribution in [-0.2, 0) is 7.05 Å². The van der Waals surface area contributed by atoms with Crippen molar-refractivity contribution in [3.05, 3.63) is 73.1 Å². The Morgan fingerprint density at radius 1 is 1.21 bits per heavy atom. The molecule has 4 aromatic rings. The van der Waals surface area contributed by atoms with Crippen molar-refractivity contribution in [2.75, 3.05) is 11.9 Å². The van der Waals surface area contributed by atoms with Gasteiger partial charge in [-0.3, -0.25) is 9.08 Å². The number of benzene rings is 1. The first-order valence-corrected chi connectivity index (χ1v) is 9.20. The zero-order chi connectivity index (χ0) is 19.8. The molecule has 5 rings (SSSR count). The lowest BCUT2D eigenvalue weighted by molar-refractivity contribution is 0.474. The van der Waals surface area contributed by atoms with Gasteiger partial charge in [-0.25, -0.2) is 9.97 Å². The molecule has 1 aliphatic rings. The molecule has 0 aliphatic carbocycles. The summed E-state index contributed by atoms with van der Waals surface area (Å²) in [5.41, 5.74) is 5.18. The molecule has 8 heteroatoms. The maximum atomic E-state index is 10.3. The number of phenols is 1. The number of nitrogens with one attached hydrogen (secondary N) is 2. The van der Waals surface area contributed by atoms with E-state index in [-0.39, 0.29) is 5.75 Å². The second-order valence-electron chi connectivity index (χ2n) is 6.77. The fraction of sp³-hybridized carbons (Fsp3) is 0.0952. The predicted molar refractivity (Wildman–Crippen MR) is 112 cm³/mol. The SMILES string of the molecule is Cn1cc(-c2cnc3c(Nc4ccc(O)c(C5=CCNC=C5)c4)nccn23)cn1. The minimum atomic E-state index is 0.235. The van der Waals surface area contributed by atoms with E-state index in [4.69, 9.17) is 0 Å². The van der Waals surface area contributed by atoms with Crippen molar-refractivity contribution < 1.29 is 5.11 Å². The summed E-state index contributed by atoms with van der Waals surface area (Å²) in [7, 11) is 1.89. The highest BCUT2D eigenvalue weighted by Gasteiger charge is 2.13. The van der Waals surface area contributed by atoms with Gasteiger partial charge in [-0.15, -0.1) is 0 Å². The summed E-state index contributed by atoms with van der Waals surface area (Å²) in [6, 6.07) is 5.41. The number of nitrogens with zero attached hydrogens (tertiary/aromatic N) is 5. The number of aryl methyl sites for hydroxylation is 1. The standard InChI is InChI=1S/C21H19N7O/c1-27-13-15(11-25-27)18-12-24-21-20(23-8-9-28(18)21)26-16-2-3-19(29)17(10-16)14-4-6-22-7-5-14/h2-6,8-13,22,29H,7H2,1H3,(H,23,26). The molecule has 0 saturated carbocycles. The van der Waals surface area contributed by atoms with Gasteiger partial charge in [-0.05, 0) is 36.0 Å². The lowest BCUT2D eigenvalue weighted by Crippen LogP contribution is -2.08. The van der Waals surface area contributed by atoms with Crippen LogP contribution in [0.1, 0.15) is 5.56 Å². The summed E-state index contributed by atoms with van der Waals surface area (Å²) in [5, 5.41) is 21.0. The molecular formula is C21H19N7O. The monoisotopic (exact) mass is 385 g/mol. The normalized spacial score (nSPS) is 13.3. The number of aromatic hydroxyl groups is 1. The molecule has 4 heterocycles. The van der Waals surface area contributed by atoms with Crippen LogP contribution in [0.25, 0.3) is 22.5 Å². The van der Waals surface area contributed by atoms with Crippen molar-refractivity contribution in [1.82, 2.24) is 29.5 Å². The molecular weight excluding hydrogens is 366 g/mol. The molecule has 0 bridgehead atoms. The molecule has 0 spiro atoms. The largest absolute Gasteiger partial charge is 0.507 e. The zero-order valence-corrected chi connectivity index (χ0v) is 15.7. The van der Waals surface area contributed by atoms with Crippen LogP contribution in [0.4, 0.5) is 11.5 Å². The first-order chi connectivity index (χ1) is 14.2. The quantitative estimate of drug-likeness (QED) is 0.468. The second-order valence-corrected chi connectivity index (χ2v) is 6.77. The Morgan fingerprint density at radius 2 is 2.14 bits per heavy atom. The highest BCUT2D eigenvalue weighted by Crippen LogP contribution is 2.31. The van der Waals surface area contributed by atoms with Crippen LogP contribution in [0.3, 0.4) is 0 Å². The Morgan fingerprint density at radius 3 is 2.93 bits per heavy atom. The van der Waals surface area contributed by atoms with Crippen molar-refractivity contribution in [1.29, 1.82) is 0 Å². The minimum Gasteiger partial charge on any atom is -0.507 e. The Kier molecular flexibility index (Phi) is 4.02. The molecule has 1 aliphatic heterocycles. The maximum absolute atomic E-state index is 10.3. The lowest BCUT2D eigenvalue weighted by Gasteiger charge is -2.13. The summed E-state index contributed by atoms with van der Waals surface area (Å²) in [4.78, 5) is 9.01. The number of allylic oxidation sites excluding steroid dienone is 2. The highest BCUT2D eigenvalue weighted by molar-refractivity contribution is 5.82. The van der Waals surface area contributed by atoms with E-state index in [2.05, 4.69) is 25.7 Å². The van der Waals surface area contributed by atoms with Crippen molar-refractivity contribution in [3.63, 3.8) is 0 Å². The summed E-state index contributed by atoms with van der Waals surface area (Å²) in [6.07, 6.45) is 15.0. The average molecular weight is 385 g/mol. The Labute approximate surface area is 166 Å². The van der Waals surface area contributed by atoms with Gasteiger partial charge in [0.05, 0.1) is 18.1 Å². The highest BCUT2D eigenvalue weighted by atomic mass is 16.3. The third-order valence-corrected chi connectivity index (χ3v) is 4.82. The van der Waals surface area contributed by atoms with Gasteiger partial charge in [-0.2, -0.15) is 5.10 Å². The number of rotatable bonds is 4. The van der Waals surface area contributed by atoms with E-state index in [0.29, 0.717) is 11.5 Å². The van der Waals surface area contributed by atoms with Crippen LogP contribution in [0.2, 0.25) is 0 Å². The molecule has 0 fully saturated rings. The first-order valence-electron chi connectivity index (χ1n) is 9.20. The van der Waals surface area contributed by atoms with Gasteiger partial charge in [-0.1, -0.05) is 6.08 Å². The van der Waals surface area contributed by atoms with Crippen LogP contribution >= 0.6 is 0 Å². The second kappa shape index (κ2) is 6.83. The molecule has 29 heavy (non-hydrogen) atoms. The topological polar surface area (TPSA) is 92.3 Å². The van der Waals surface area contributed by atoms with Gasteiger partial charge in [0.15, 0.2) is 11.5 Å². The van der Waals surface area contributed by atoms with E-state index < -0.39 is 0 Å². The summed E-state index contributed by atoms with van der Waals surface area (Å²) < 4.78 is 3.74. The first kappa shape index (κ1) is 17.1. The van der Waals surface area contributed by atoms with E-state index in [9.17, 15) is 5.11 Å². The summed E-state index contributed by atoms with van der Waals surface area (Å²) in [5.74, 6) is 0.869. The number of hydrogen-bond donors (Lipinski definition) is 3. The van der Waals surface area contributed by atoms with Gasteiger partial charge in [0.25, 0.3) is 0 Å². The third kappa shape index (κ3) is 3.10. The van der Waals surface area contributed by atoms with Crippen LogP contribution < -0.4 is 10.6 Å². The smallest absolute Gasteiger partial charge is 0.180 e. The molecule has 3 N–H and O–H groups in total. The van der Waals surface area contributed by atoms with E-state index in [1.807, 2.05) is 66.7 Å². The molecule has 0 saturated heterocycles. The number of aromatic nitrogens is 5. The van der Waals surface area contributed by atoms with Gasteiger partial charge in [0.2, 0.25) is 0 Å². The molecule has 0 radical (unpaired) electrons. The number of dihydropyridines is 1. The van der Waals surface area contributed by atoms with Crippen LogP contribution in [-0.4, -0.2) is 35.8 Å². The van der Waals surface area contributed by atoms with E-state index in [1.165, 1.54) is 0 Å². The fourth-order valence-electron chi connectivity index (χ4n) is 3.41. The maximum Gasteiger partial charge on any atom is 0.180 e. The van der Waals surface area contributed by atoms with Crippen molar-refractivity contribution in [2.24, 2.45) is 7.05 Å². The molecule has 0 unspecified atom stereocenters. The van der Waals surface area contributed by atoms with Crippen LogP contribution in [0.5, 0.6) is 5.75 Å². The summed E-state index contributed by atoms with van der Waals surface area (Å²) in [6.45, 7) is 0.731. The van der Waals surface area contributed by atoms with E-state index in [0.717, 1.165) is 34.6 Å². The summed E-state index contributed by atoms with van der Waals surface area (Å²) >= 11 is 0. The van der Waals surface area contributed by atoms with Crippen molar-refractivity contribution in [3.8, 4) is 17.0 Å². The number of anilines is 2. The number of phenolic OH excluding ortho intramolecular Hbond substituents is 1. The van der Waals surface area contributed by atoms with Gasteiger partial charge < -0.3 is 15.7 Å². The molecule has 8 nitrogen and oxygen atoms in total.